The van der Waals surface area contributed by atoms with E-state index in [4.69, 9.17) is 10.2 Å². The second-order valence-corrected chi connectivity index (χ2v) is 3.66. The molecule has 2 N–H and O–H groups in total. The Kier molecular flexibility index (Phi) is 3.34. The van der Waals surface area contributed by atoms with Crippen molar-refractivity contribution < 1.29 is 50.1 Å². The molecule has 0 aromatic carbocycles. The summed E-state index contributed by atoms with van der Waals surface area (Å²) in [5.74, 6) is -10.7. The fourth-order valence-corrected chi connectivity index (χ4v) is 1.37. The van der Waals surface area contributed by atoms with Gasteiger partial charge in [0.2, 0.25) is 0 Å². The van der Waals surface area contributed by atoms with Gasteiger partial charge in [-0.05, 0) is 0 Å². The van der Waals surface area contributed by atoms with Gasteiger partial charge in [0, 0.05) is 6.42 Å². The van der Waals surface area contributed by atoms with Crippen molar-refractivity contribution >= 4 is 0 Å². The highest BCUT2D eigenvalue weighted by atomic mass is 19.4. The largest absolute Gasteiger partial charge is 0.449 e. The van der Waals surface area contributed by atoms with E-state index in [-0.39, 0.29) is 0 Å². The number of aliphatic hydroxyl groups excluding tert-OH is 1. The summed E-state index contributed by atoms with van der Waals surface area (Å²) < 4.78 is 102. The first kappa shape index (κ1) is 15.4. The van der Waals surface area contributed by atoms with Crippen molar-refractivity contribution in [1.82, 2.24) is 0 Å². The summed E-state index contributed by atoms with van der Waals surface area (Å²) in [6.07, 6.45) is -20.1. The number of hydrogen-bond acceptors (Lipinski definition) is 3. The quantitative estimate of drug-likeness (QED) is 0.666. The zero-order valence-electron chi connectivity index (χ0n) is 8.19. The molecule has 0 amide bonds. The van der Waals surface area contributed by atoms with Crippen LogP contribution in [0.2, 0.25) is 0 Å². The highest BCUT2D eigenvalue weighted by Crippen LogP contribution is 2.51. The van der Waals surface area contributed by atoms with E-state index in [1.165, 1.54) is 0 Å². The van der Waals surface area contributed by atoms with E-state index in [1.54, 1.807) is 0 Å². The second kappa shape index (κ2) is 3.90. The molecule has 1 rings (SSSR count). The molecule has 0 spiro atoms. The molecule has 18 heavy (non-hydrogen) atoms. The summed E-state index contributed by atoms with van der Waals surface area (Å²) in [6.45, 7) is 0. The number of alkyl halides is 8. The van der Waals surface area contributed by atoms with Gasteiger partial charge in [0.1, 0.15) is 6.10 Å². The van der Waals surface area contributed by atoms with Gasteiger partial charge in [0.25, 0.3) is 0 Å². The molecule has 11 heteroatoms. The van der Waals surface area contributed by atoms with Gasteiger partial charge < -0.3 is 14.9 Å². The normalized spacial score (nSPS) is 37.7. The van der Waals surface area contributed by atoms with Crippen LogP contribution in [0.15, 0.2) is 0 Å². The number of halogens is 8. The first-order valence-corrected chi connectivity index (χ1v) is 4.33. The minimum absolute atomic E-state index is 1.81. The van der Waals surface area contributed by atoms with E-state index in [0.717, 1.165) is 0 Å². The lowest BCUT2D eigenvalue weighted by atomic mass is 9.93. The van der Waals surface area contributed by atoms with Gasteiger partial charge in [-0.15, -0.1) is 0 Å². The van der Waals surface area contributed by atoms with Crippen LogP contribution in [0, 0.1) is 0 Å². The topological polar surface area (TPSA) is 49.7 Å². The van der Waals surface area contributed by atoms with Crippen molar-refractivity contribution in [3.63, 3.8) is 0 Å². The molecule has 1 heterocycles. The van der Waals surface area contributed by atoms with E-state index in [1.807, 2.05) is 0 Å². The molecular weight excluding hydrogens is 284 g/mol. The first-order chi connectivity index (χ1) is 7.73. The standard InChI is InChI=1S/C7H6F8O3/c8-4(9)2(16)1-3(5(10,11)12)18-6(4,17)7(13,14)15/h2-3,16-17H,1H2. The van der Waals surface area contributed by atoms with Gasteiger partial charge in [-0.25, -0.2) is 0 Å². The maximum atomic E-state index is 13.0. The number of ether oxygens (including phenoxy) is 1. The van der Waals surface area contributed by atoms with Crippen molar-refractivity contribution in [3.8, 4) is 0 Å². The van der Waals surface area contributed by atoms with Crippen LogP contribution in [0.3, 0.4) is 0 Å². The van der Waals surface area contributed by atoms with Crippen LogP contribution in [-0.4, -0.2) is 46.5 Å². The molecule has 0 aromatic heterocycles. The molecule has 3 unspecified atom stereocenters. The summed E-state index contributed by atoms with van der Waals surface area (Å²) in [7, 11) is 0. The van der Waals surface area contributed by atoms with E-state index in [0.29, 0.717) is 0 Å². The Morgan fingerprint density at radius 2 is 1.50 bits per heavy atom. The molecule has 0 radical (unpaired) electrons. The molecule has 1 aliphatic rings. The maximum absolute atomic E-state index is 13.0. The third-order valence-electron chi connectivity index (χ3n) is 2.37. The highest BCUT2D eigenvalue weighted by Gasteiger charge is 2.77. The van der Waals surface area contributed by atoms with Crippen molar-refractivity contribution in [2.24, 2.45) is 0 Å². The third-order valence-corrected chi connectivity index (χ3v) is 2.37. The number of aliphatic hydroxyl groups is 2. The molecule has 1 fully saturated rings. The Balaban J connectivity index is 3.21. The molecule has 0 aromatic rings. The first-order valence-electron chi connectivity index (χ1n) is 4.33. The second-order valence-electron chi connectivity index (χ2n) is 3.66. The highest BCUT2D eigenvalue weighted by molar-refractivity contribution is 5.02. The van der Waals surface area contributed by atoms with Gasteiger partial charge in [0.15, 0.2) is 6.10 Å². The van der Waals surface area contributed by atoms with Crippen molar-refractivity contribution in [1.29, 1.82) is 0 Å². The van der Waals surface area contributed by atoms with E-state index < -0.39 is 42.7 Å². The zero-order chi connectivity index (χ0) is 14.6. The van der Waals surface area contributed by atoms with Crippen LogP contribution in [0.25, 0.3) is 0 Å². The van der Waals surface area contributed by atoms with Crippen molar-refractivity contribution in [3.05, 3.63) is 0 Å². The molecule has 0 aliphatic carbocycles. The summed E-state index contributed by atoms with van der Waals surface area (Å²) >= 11 is 0. The minimum Gasteiger partial charge on any atom is -0.387 e. The summed E-state index contributed by atoms with van der Waals surface area (Å²) in [5.41, 5.74) is 0. The van der Waals surface area contributed by atoms with E-state index in [9.17, 15) is 35.1 Å². The molecule has 1 aliphatic heterocycles. The lowest BCUT2D eigenvalue weighted by Crippen LogP contribution is -2.70. The predicted molar refractivity (Wildman–Crippen MR) is 37.5 cm³/mol. The van der Waals surface area contributed by atoms with E-state index in [2.05, 4.69) is 4.74 Å². The zero-order valence-corrected chi connectivity index (χ0v) is 8.19. The van der Waals surface area contributed by atoms with Crippen molar-refractivity contribution in [2.45, 2.75) is 42.7 Å². The fraction of sp³-hybridized carbons (Fsp3) is 1.00. The predicted octanol–water partition coefficient (Wildman–Crippen LogP) is 1.58. The monoisotopic (exact) mass is 290 g/mol. The molecule has 108 valence electrons. The fourth-order valence-electron chi connectivity index (χ4n) is 1.37. The van der Waals surface area contributed by atoms with Crippen LogP contribution in [0.4, 0.5) is 35.1 Å². The molecule has 3 nitrogen and oxygen atoms in total. The van der Waals surface area contributed by atoms with Crippen LogP contribution < -0.4 is 0 Å². The Morgan fingerprint density at radius 1 is 1.06 bits per heavy atom. The minimum atomic E-state index is -6.21. The van der Waals surface area contributed by atoms with Gasteiger partial charge in [-0.2, -0.15) is 35.1 Å². The molecular formula is C7H6F8O3. The van der Waals surface area contributed by atoms with Crippen LogP contribution in [0.1, 0.15) is 6.42 Å². The molecule has 0 bridgehead atoms. The lowest BCUT2D eigenvalue weighted by Gasteiger charge is -2.45. The number of hydrogen-bond donors (Lipinski definition) is 2. The molecule has 0 saturated carbocycles. The maximum Gasteiger partial charge on any atom is 0.449 e. The third kappa shape index (κ3) is 2.14. The average Bonchev–Trinajstić information content (AvgIpc) is 2.10. The molecule has 1 saturated heterocycles. The average molecular weight is 290 g/mol. The van der Waals surface area contributed by atoms with Crippen LogP contribution >= 0.6 is 0 Å². The number of rotatable bonds is 0. The summed E-state index contributed by atoms with van der Waals surface area (Å²) in [6, 6.07) is 0. The smallest absolute Gasteiger partial charge is 0.387 e. The Hall–Kier alpha value is -0.680. The Labute approximate surface area is 93.9 Å². The van der Waals surface area contributed by atoms with Crippen LogP contribution in [-0.2, 0) is 4.74 Å². The van der Waals surface area contributed by atoms with Crippen molar-refractivity contribution in [2.75, 3.05) is 0 Å². The van der Waals surface area contributed by atoms with Gasteiger partial charge in [-0.1, -0.05) is 0 Å². The molecule has 3 atom stereocenters. The summed E-state index contributed by atoms with van der Waals surface area (Å²) in [5, 5.41) is 17.4. The van der Waals surface area contributed by atoms with Gasteiger partial charge >= 0.3 is 24.1 Å². The Morgan fingerprint density at radius 3 is 1.83 bits per heavy atom. The van der Waals surface area contributed by atoms with Gasteiger partial charge in [-0.3, -0.25) is 0 Å². The summed E-state index contributed by atoms with van der Waals surface area (Å²) in [4.78, 5) is 0. The van der Waals surface area contributed by atoms with Gasteiger partial charge in [0.05, 0.1) is 0 Å². The van der Waals surface area contributed by atoms with E-state index >= 15 is 0 Å². The Bertz CT molecular complexity index is 324. The van der Waals surface area contributed by atoms with Crippen LogP contribution in [0.5, 0.6) is 0 Å². The SMILES string of the molecule is OC1CC(C(F)(F)F)OC(O)(C(F)(F)F)C1(F)F. The lowest BCUT2D eigenvalue weighted by molar-refractivity contribution is -0.483.